The Morgan fingerprint density at radius 2 is 2.15 bits per heavy atom. The van der Waals surface area contributed by atoms with Gasteiger partial charge in [0.2, 0.25) is 5.91 Å². The second-order valence-corrected chi connectivity index (χ2v) is 4.84. The molecule has 100 valence electrons. The number of carbonyl (C=O) groups is 1. The van der Waals surface area contributed by atoms with Crippen LogP contribution in [0.2, 0.25) is 0 Å². The molecular formula is C16H15N3O. The number of anilines is 1. The van der Waals surface area contributed by atoms with Gasteiger partial charge in [-0.05, 0) is 30.2 Å². The number of carbonyl (C=O) groups excluding carboxylic acids is 1. The van der Waals surface area contributed by atoms with Gasteiger partial charge in [-0.2, -0.15) is 0 Å². The number of rotatable bonds is 3. The lowest BCUT2D eigenvalue weighted by atomic mass is 10.1. The minimum absolute atomic E-state index is 0.0397. The second kappa shape index (κ2) is 5.17. The molecule has 3 aromatic rings. The fourth-order valence-corrected chi connectivity index (χ4v) is 2.28. The van der Waals surface area contributed by atoms with Crippen LogP contribution in [0.3, 0.4) is 0 Å². The first-order valence-corrected chi connectivity index (χ1v) is 6.49. The van der Waals surface area contributed by atoms with Gasteiger partial charge in [-0.3, -0.25) is 9.78 Å². The summed E-state index contributed by atoms with van der Waals surface area (Å²) in [6, 6.07) is 9.87. The number of aryl methyl sites for hydroxylation is 1. The standard InChI is InChI=1S/C16H15N3O/c1-11-6-13(10-17-8-11)19-16(20)7-12-9-18-15-5-3-2-4-14(12)15/h2-6,8-10,18H,7H2,1H3,(H,19,20). The van der Waals surface area contributed by atoms with Crippen LogP contribution in [0.5, 0.6) is 0 Å². The number of hydrogen-bond acceptors (Lipinski definition) is 2. The van der Waals surface area contributed by atoms with Crippen molar-refractivity contribution in [3.8, 4) is 0 Å². The summed E-state index contributed by atoms with van der Waals surface area (Å²) in [6.45, 7) is 1.95. The Kier molecular flexibility index (Phi) is 3.21. The molecule has 1 amide bonds. The molecule has 0 radical (unpaired) electrons. The first kappa shape index (κ1) is 12.4. The number of pyridine rings is 1. The molecule has 20 heavy (non-hydrogen) atoms. The van der Waals surface area contributed by atoms with E-state index in [1.165, 1.54) is 0 Å². The molecule has 0 aliphatic carbocycles. The predicted octanol–water partition coefficient (Wildman–Crippen LogP) is 3.05. The fraction of sp³-hybridized carbons (Fsp3) is 0.125. The van der Waals surface area contributed by atoms with E-state index in [4.69, 9.17) is 0 Å². The summed E-state index contributed by atoms with van der Waals surface area (Å²) >= 11 is 0. The lowest BCUT2D eigenvalue weighted by Crippen LogP contribution is -2.14. The Balaban J connectivity index is 1.76. The average Bonchev–Trinajstić information content (AvgIpc) is 2.82. The number of fused-ring (bicyclic) bond motifs is 1. The minimum atomic E-state index is -0.0397. The van der Waals surface area contributed by atoms with Crippen LogP contribution in [-0.4, -0.2) is 15.9 Å². The van der Waals surface area contributed by atoms with Crippen molar-refractivity contribution in [2.45, 2.75) is 13.3 Å². The van der Waals surface area contributed by atoms with Gasteiger partial charge in [-0.25, -0.2) is 0 Å². The number of nitrogens with one attached hydrogen (secondary N) is 2. The molecule has 2 N–H and O–H groups in total. The number of para-hydroxylation sites is 1. The third-order valence-electron chi connectivity index (χ3n) is 3.18. The number of nitrogens with zero attached hydrogens (tertiary/aromatic N) is 1. The van der Waals surface area contributed by atoms with Gasteiger partial charge in [0.25, 0.3) is 0 Å². The summed E-state index contributed by atoms with van der Waals surface area (Å²) in [4.78, 5) is 19.3. The van der Waals surface area contributed by atoms with E-state index in [-0.39, 0.29) is 5.91 Å². The summed E-state index contributed by atoms with van der Waals surface area (Å²) in [5.74, 6) is -0.0397. The molecule has 2 aromatic heterocycles. The molecule has 2 heterocycles. The van der Waals surface area contributed by atoms with Crippen LogP contribution in [0.25, 0.3) is 10.9 Å². The number of benzene rings is 1. The van der Waals surface area contributed by atoms with Gasteiger partial charge in [0, 0.05) is 23.3 Å². The molecule has 0 saturated carbocycles. The molecule has 0 spiro atoms. The molecule has 0 aliphatic heterocycles. The van der Waals surface area contributed by atoms with Crippen LogP contribution in [0.1, 0.15) is 11.1 Å². The van der Waals surface area contributed by atoms with Gasteiger partial charge in [0.1, 0.15) is 0 Å². The maximum atomic E-state index is 12.1. The fourth-order valence-electron chi connectivity index (χ4n) is 2.28. The van der Waals surface area contributed by atoms with E-state index >= 15 is 0 Å². The lowest BCUT2D eigenvalue weighted by molar-refractivity contribution is -0.115. The molecular weight excluding hydrogens is 250 g/mol. The summed E-state index contributed by atoms with van der Waals surface area (Å²) in [5.41, 5.74) is 3.80. The number of hydrogen-bond donors (Lipinski definition) is 2. The van der Waals surface area contributed by atoms with E-state index in [2.05, 4.69) is 15.3 Å². The van der Waals surface area contributed by atoms with Crippen molar-refractivity contribution in [2.24, 2.45) is 0 Å². The SMILES string of the molecule is Cc1cncc(NC(=O)Cc2c[nH]c3ccccc23)c1. The Labute approximate surface area is 116 Å². The van der Waals surface area contributed by atoms with Crippen molar-refractivity contribution < 1.29 is 4.79 Å². The Hall–Kier alpha value is -2.62. The highest BCUT2D eigenvalue weighted by Crippen LogP contribution is 2.18. The van der Waals surface area contributed by atoms with E-state index in [0.717, 1.165) is 27.7 Å². The molecule has 1 aromatic carbocycles. The summed E-state index contributed by atoms with van der Waals surface area (Å²) < 4.78 is 0. The van der Waals surface area contributed by atoms with Crippen LogP contribution in [-0.2, 0) is 11.2 Å². The van der Waals surface area contributed by atoms with Crippen LogP contribution >= 0.6 is 0 Å². The predicted molar refractivity (Wildman–Crippen MR) is 79.6 cm³/mol. The molecule has 0 bridgehead atoms. The van der Waals surface area contributed by atoms with E-state index in [1.54, 1.807) is 12.4 Å². The quantitative estimate of drug-likeness (QED) is 0.764. The van der Waals surface area contributed by atoms with Crippen molar-refractivity contribution in [2.75, 3.05) is 5.32 Å². The van der Waals surface area contributed by atoms with Gasteiger partial charge in [0.05, 0.1) is 18.3 Å². The Bertz CT molecular complexity index is 761. The van der Waals surface area contributed by atoms with Crippen molar-refractivity contribution in [1.82, 2.24) is 9.97 Å². The largest absolute Gasteiger partial charge is 0.361 e. The first-order chi connectivity index (χ1) is 9.72. The average molecular weight is 265 g/mol. The third-order valence-corrected chi connectivity index (χ3v) is 3.18. The molecule has 0 atom stereocenters. The van der Waals surface area contributed by atoms with Crippen LogP contribution in [0, 0.1) is 6.92 Å². The maximum absolute atomic E-state index is 12.1. The summed E-state index contributed by atoms with van der Waals surface area (Å²) in [6.07, 6.45) is 5.64. The number of amides is 1. The van der Waals surface area contributed by atoms with E-state index < -0.39 is 0 Å². The van der Waals surface area contributed by atoms with E-state index in [1.807, 2.05) is 43.5 Å². The number of H-pyrrole nitrogens is 1. The molecule has 0 unspecified atom stereocenters. The smallest absolute Gasteiger partial charge is 0.228 e. The van der Waals surface area contributed by atoms with E-state index in [0.29, 0.717) is 6.42 Å². The van der Waals surface area contributed by atoms with Crippen molar-refractivity contribution in [3.63, 3.8) is 0 Å². The van der Waals surface area contributed by atoms with Gasteiger partial charge < -0.3 is 10.3 Å². The van der Waals surface area contributed by atoms with Gasteiger partial charge in [-0.15, -0.1) is 0 Å². The third kappa shape index (κ3) is 2.54. The van der Waals surface area contributed by atoms with Gasteiger partial charge >= 0.3 is 0 Å². The molecule has 3 rings (SSSR count). The molecule has 0 saturated heterocycles. The Morgan fingerprint density at radius 3 is 3.00 bits per heavy atom. The van der Waals surface area contributed by atoms with E-state index in [9.17, 15) is 4.79 Å². The number of aromatic nitrogens is 2. The second-order valence-electron chi connectivity index (χ2n) is 4.84. The Morgan fingerprint density at radius 1 is 1.30 bits per heavy atom. The molecule has 4 heteroatoms. The summed E-state index contributed by atoms with van der Waals surface area (Å²) in [5, 5.41) is 3.96. The monoisotopic (exact) mass is 265 g/mol. The van der Waals surface area contributed by atoms with Crippen LogP contribution < -0.4 is 5.32 Å². The maximum Gasteiger partial charge on any atom is 0.228 e. The van der Waals surface area contributed by atoms with Gasteiger partial charge in [0.15, 0.2) is 0 Å². The van der Waals surface area contributed by atoms with Crippen molar-refractivity contribution >= 4 is 22.5 Å². The highest BCUT2D eigenvalue weighted by molar-refractivity contribution is 5.95. The normalized spacial score (nSPS) is 10.7. The first-order valence-electron chi connectivity index (χ1n) is 6.49. The lowest BCUT2D eigenvalue weighted by Gasteiger charge is -2.05. The van der Waals surface area contributed by atoms with Crippen LogP contribution in [0.15, 0.2) is 48.9 Å². The molecule has 0 fully saturated rings. The molecule has 4 nitrogen and oxygen atoms in total. The summed E-state index contributed by atoms with van der Waals surface area (Å²) in [7, 11) is 0. The van der Waals surface area contributed by atoms with Crippen molar-refractivity contribution in [3.05, 3.63) is 60.0 Å². The van der Waals surface area contributed by atoms with Crippen LogP contribution in [0.4, 0.5) is 5.69 Å². The minimum Gasteiger partial charge on any atom is -0.361 e. The molecule has 0 aliphatic rings. The zero-order valence-corrected chi connectivity index (χ0v) is 11.2. The highest BCUT2D eigenvalue weighted by Gasteiger charge is 2.08. The zero-order chi connectivity index (χ0) is 13.9. The topological polar surface area (TPSA) is 57.8 Å². The number of aromatic amines is 1. The van der Waals surface area contributed by atoms with Crippen molar-refractivity contribution in [1.29, 1.82) is 0 Å². The highest BCUT2D eigenvalue weighted by atomic mass is 16.1. The van der Waals surface area contributed by atoms with Gasteiger partial charge in [-0.1, -0.05) is 18.2 Å². The zero-order valence-electron chi connectivity index (χ0n) is 11.2.